The summed E-state index contributed by atoms with van der Waals surface area (Å²) in [5, 5.41) is 3.93. The smallest absolute Gasteiger partial charge is 0.251 e. The first-order chi connectivity index (χ1) is 12.6. The molecule has 0 saturated carbocycles. The first-order valence-electron chi connectivity index (χ1n) is 8.71. The summed E-state index contributed by atoms with van der Waals surface area (Å²) in [5.74, 6) is 0.691. The van der Waals surface area contributed by atoms with E-state index in [2.05, 4.69) is 10.3 Å². The summed E-state index contributed by atoms with van der Waals surface area (Å²) in [6, 6.07) is 15.7. The lowest BCUT2D eigenvalue weighted by Crippen LogP contribution is -2.15. The van der Waals surface area contributed by atoms with Gasteiger partial charge in [-0.2, -0.15) is 0 Å². The lowest BCUT2D eigenvalue weighted by molar-refractivity contribution is -0.115. The van der Waals surface area contributed by atoms with Gasteiger partial charge in [-0.05, 0) is 43.2 Å². The number of carbonyl (C=O) groups excluding carboxylic acids is 1. The standard InChI is InChI=1S/C21H22N2O2S/c1-3-17-14(2)18-10-9-15(13-19(18)23-21(17)25)22-20(24)11-12-26-16-7-5-4-6-8-16/h4-10,13H,3,11-12H2,1-2H3,(H,22,24)(H,23,25). The first-order valence-corrected chi connectivity index (χ1v) is 9.70. The average Bonchev–Trinajstić information content (AvgIpc) is 2.62. The molecule has 2 N–H and O–H groups in total. The van der Waals surface area contributed by atoms with Gasteiger partial charge in [-0.1, -0.05) is 31.2 Å². The second kappa shape index (κ2) is 8.23. The van der Waals surface area contributed by atoms with Crippen LogP contribution in [-0.4, -0.2) is 16.6 Å². The predicted octanol–water partition coefficient (Wildman–Crippen LogP) is 4.52. The fraction of sp³-hybridized carbons (Fsp3) is 0.238. The second-order valence-corrected chi connectivity index (χ2v) is 7.30. The number of nitrogens with one attached hydrogen (secondary N) is 2. The van der Waals surface area contributed by atoms with Gasteiger partial charge in [0.05, 0.1) is 5.52 Å². The zero-order valence-corrected chi connectivity index (χ0v) is 15.8. The molecule has 2 aromatic carbocycles. The van der Waals surface area contributed by atoms with Gasteiger partial charge in [0.15, 0.2) is 0 Å². The number of carbonyl (C=O) groups is 1. The van der Waals surface area contributed by atoms with Gasteiger partial charge in [-0.3, -0.25) is 9.59 Å². The molecule has 1 heterocycles. The Balaban J connectivity index is 1.67. The van der Waals surface area contributed by atoms with Crippen LogP contribution in [-0.2, 0) is 11.2 Å². The van der Waals surface area contributed by atoms with E-state index in [0.29, 0.717) is 18.5 Å². The quantitative estimate of drug-likeness (QED) is 0.631. The Morgan fingerprint density at radius 1 is 1.15 bits per heavy atom. The highest BCUT2D eigenvalue weighted by atomic mass is 32.2. The van der Waals surface area contributed by atoms with E-state index in [4.69, 9.17) is 0 Å². The third kappa shape index (κ3) is 4.17. The summed E-state index contributed by atoms with van der Waals surface area (Å²) in [6.45, 7) is 3.95. The van der Waals surface area contributed by atoms with Crippen LogP contribution in [0, 0.1) is 6.92 Å². The Morgan fingerprint density at radius 2 is 1.92 bits per heavy atom. The van der Waals surface area contributed by atoms with E-state index >= 15 is 0 Å². The van der Waals surface area contributed by atoms with Gasteiger partial charge in [-0.15, -0.1) is 11.8 Å². The molecule has 26 heavy (non-hydrogen) atoms. The molecule has 0 radical (unpaired) electrons. The molecule has 0 fully saturated rings. The molecule has 4 nitrogen and oxygen atoms in total. The number of hydrogen-bond donors (Lipinski definition) is 2. The fourth-order valence-corrected chi connectivity index (χ4v) is 3.88. The van der Waals surface area contributed by atoms with Crippen LogP contribution >= 0.6 is 11.8 Å². The number of fused-ring (bicyclic) bond motifs is 1. The Labute approximate surface area is 157 Å². The number of aromatic nitrogens is 1. The third-order valence-electron chi connectivity index (χ3n) is 4.38. The van der Waals surface area contributed by atoms with Crippen LogP contribution in [0.2, 0.25) is 0 Å². The third-order valence-corrected chi connectivity index (χ3v) is 5.39. The molecule has 134 valence electrons. The first kappa shape index (κ1) is 18.3. The Morgan fingerprint density at radius 3 is 2.65 bits per heavy atom. The maximum absolute atomic E-state index is 12.2. The average molecular weight is 366 g/mol. The van der Waals surface area contributed by atoms with Crippen LogP contribution in [0.25, 0.3) is 10.9 Å². The maximum Gasteiger partial charge on any atom is 0.251 e. The minimum atomic E-state index is -0.0553. The van der Waals surface area contributed by atoms with Crippen LogP contribution < -0.4 is 10.9 Å². The number of aryl methyl sites for hydroxylation is 1. The van der Waals surface area contributed by atoms with E-state index in [1.54, 1.807) is 11.8 Å². The minimum Gasteiger partial charge on any atom is -0.326 e. The van der Waals surface area contributed by atoms with Crippen molar-refractivity contribution in [2.24, 2.45) is 0 Å². The number of pyridine rings is 1. The number of aromatic amines is 1. The topological polar surface area (TPSA) is 62.0 Å². The van der Waals surface area contributed by atoms with Crippen molar-refractivity contribution >= 4 is 34.3 Å². The lowest BCUT2D eigenvalue weighted by atomic mass is 10.0. The summed E-state index contributed by atoms with van der Waals surface area (Å²) >= 11 is 1.66. The van der Waals surface area contributed by atoms with Crippen molar-refractivity contribution in [1.82, 2.24) is 4.98 Å². The Kier molecular flexibility index (Phi) is 5.78. The number of thioether (sulfide) groups is 1. The molecule has 0 spiro atoms. The van der Waals surface area contributed by atoms with Gasteiger partial charge in [0.2, 0.25) is 5.91 Å². The van der Waals surface area contributed by atoms with E-state index in [1.807, 2.05) is 62.4 Å². The summed E-state index contributed by atoms with van der Waals surface area (Å²) < 4.78 is 0. The van der Waals surface area contributed by atoms with Crippen LogP contribution in [0.15, 0.2) is 58.2 Å². The maximum atomic E-state index is 12.2. The van der Waals surface area contributed by atoms with Crippen molar-refractivity contribution in [3.63, 3.8) is 0 Å². The molecular formula is C21H22N2O2S. The van der Waals surface area contributed by atoms with Gasteiger partial charge in [-0.25, -0.2) is 0 Å². The van der Waals surface area contributed by atoms with Crippen molar-refractivity contribution in [3.05, 3.63) is 70.0 Å². The van der Waals surface area contributed by atoms with Crippen molar-refractivity contribution in [1.29, 1.82) is 0 Å². The van der Waals surface area contributed by atoms with Crippen molar-refractivity contribution < 1.29 is 4.79 Å². The molecule has 0 unspecified atom stereocenters. The molecule has 0 bridgehead atoms. The van der Waals surface area contributed by atoms with Gasteiger partial charge in [0.25, 0.3) is 5.56 Å². The van der Waals surface area contributed by atoms with Crippen LogP contribution in [0.3, 0.4) is 0 Å². The van der Waals surface area contributed by atoms with Gasteiger partial charge in [0, 0.05) is 33.7 Å². The predicted molar refractivity (Wildman–Crippen MR) is 109 cm³/mol. The highest BCUT2D eigenvalue weighted by molar-refractivity contribution is 7.99. The van der Waals surface area contributed by atoms with E-state index in [0.717, 1.165) is 32.7 Å². The molecule has 1 amide bonds. The molecule has 0 aliphatic rings. The number of hydrogen-bond acceptors (Lipinski definition) is 3. The van der Waals surface area contributed by atoms with Gasteiger partial charge in [0.1, 0.15) is 0 Å². The van der Waals surface area contributed by atoms with Crippen LogP contribution in [0.4, 0.5) is 5.69 Å². The molecular weight excluding hydrogens is 344 g/mol. The number of benzene rings is 2. The zero-order valence-electron chi connectivity index (χ0n) is 15.0. The summed E-state index contributed by atoms with van der Waals surface area (Å²) in [4.78, 5) is 28.4. The van der Waals surface area contributed by atoms with E-state index in [1.165, 1.54) is 0 Å². The molecule has 0 saturated heterocycles. The number of amides is 1. The molecule has 0 aliphatic heterocycles. The number of rotatable bonds is 6. The van der Waals surface area contributed by atoms with E-state index in [9.17, 15) is 9.59 Å². The van der Waals surface area contributed by atoms with Crippen LogP contribution in [0.1, 0.15) is 24.5 Å². The van der Waals surface area contributed by atoms with Crippen LogP contribution in [0.5, 0.6) is 0 Å². The number of H-pyrrole nitrogens is 1. The monoisotopic (exact) mass is 366 g/mol. The van der Waals surface area contributed by atoms with Crippen molar-refractivity contribution in [2.45, 2.75) is 31.6 Å². The molecule has 3 rings (SSSR count). The largest absolute Gasteiger partial charge is 0.326 e. The molecule has 3 aromatic rings. The Bertz CT molecular complexity index is 980. The highest BCUT2D eigenvalue weighted by Crippen LogP contribution is 2.22. The summed E-state index contributed by atoms with van der Waals surface area (Å²) in [6.07, 6.45) is 1.14. The number of anilines is 1. The SMILES string of the molecule is CCc1c(C)c2ccc(NC(=O)CCSc3ccccc3)cc2[nH]c1=O. The van der Waals surface area contributed by atoms with Crippen molar-refractivity contribution in [3.8, 4) is 0 Å². The summed E-state index contributed by atoms with van der Waals surface area (Å²) in [7, 11) is 0. The van der Waals surface area contributed by atoms with E-state index in [-0.39, 0.29) is 11.5 Å². The van der Waals surface area contributed by atoms with Gasteiger partial charge >= 0.3 is 0 Å². The molecule has 0 aliphatic carbocycles. The van der Waals surface area contributed by atoms with E-state index < -0.39 is 0 Å². The molecule has 1 aromatic heterocycles. The van der Waals surface area contributed by atoms with Crippen molar-refractivity contribution in [2.75, 3.05) is 11.1 Å². The summed E-state index contributed by atoms with van der Waals surface area (Å²) in [5.41, 5.74) is 3.21. The normalized spacial score (nSPS) is 10.8. The lowest BCUT2D eigenvalue weighted by Gasteiger charge is -2.10. The van der Waals surface area contributed by atoms with Gasteiger partial charge < -0.3 is 10.3 Å². The minimum absolute atomic E-state index is 0.0305. The second-order valence-electron chi connectivity index (χ2n) is 6.13. The highest BCUT2D eigenvalue weighted by Gasteiger charge is 2.09. The Hall–Kier alpha value is -2.53. The molecule has 0 atom stereocenters. The zero-order chi connectivity index (χ0) is 18.5. The fourth-order valence-electron chi connectivity index (χ4n) is 3.01. The molecule has 5 heteroatoms.